The summed E-state index contributed by atoms with van der Waals surface area (Å²) in [6.07, 6.45) is 0. The van der Waals surface area contributed by atoms with Crippen LogP contribution in [0.25, 0.3) is 0 Å². The molecule has 5 nitrogen and oxygen atoms in total. The maximum atomic E-state index is 12.0. The Bertz CT molecular complexity index is 714. The van der Waals surface area contributed by atoms with Gasteiger partial charge in [0, 0.05) is 16.9 Å². The molecule has 0 N–H and O–H groups in total. The highest BCUT2D eigenvalue weighted by Crippen LogP contribution is 2.40. The minimum atomic E-state index is -3.02. The fourth-order valence-electron chi connectivity index (χ4n) is 2.68. The van der Waals surface area contributed by atoms with Gasteiger partial charge in [-0.2, -0.15) is 4.99 Å². The predicted molar refractivity (Wildman–Crippen MR) is 90.0 cm³/mol. The number of carbonyl (C=O) groups is 1. The van der Waals surface area contributed by atoms with Gasteiger partial charge in [0.25, 0.3) is 5.91 Å². The lowest BCUT2D eigenvalue weighted by Crippen LogP contribution is -2.37. The van der Waals surface area contributed by atoms with E-state index in [1.807, 2.05) is 49.1 Å². The smallest absolute Gasteiger partial charge is 0.250 e. The minimum absolute atomic E-state index is 0.0519. The summed E-state index contributed by atoms with van der Waals surface area (Å²) in [6, 6.07) is 9.41. The number of anilines is 1. The van der Waals surface area contributed by atoms with Crippen LogP contribution in [0.15, 0.2) is 35.3 Å². The number of rotatable bonds is 2. The third-order valence-electron chi connectivity index (χ3n) is 3.80. The van der Waals surface area contributed by atoms with E-state index in [1.54, 1.807) is 0 Å². The van der Waals surface area contributed by atoms with Crippen LogP contribution in [-0.4, -0.2) is 42.3 Å². The van der Waals surface area contributed by atoms with Gasteiger partial charge in [0.15, 0.2) is 15.0 Å². The molecule has 3 rings (SSSR count). The normalized spacial score (nSPS) is 28.3. The first-order valence-electron chi connectivity index (χ1n) is 7.21. The molecule has 1 aromatic carbocycles. The molecule has 0 aliphatic carbocycles. The molecule has 2 saturated heterocycles. The number of carbonyl (C=O) groups excluding carboxylic acids is 1. The molecule has 2 heterocycles. The first-order valence-corrected chi connectivity index (χ1v) is 9.91. The summed E-state index contributed by atoms with van der Waals surface area (Å²) in [6.45, 7) is 3.62. The van der Waals surface area contributed by atoms with Crippen LogP contribution in [0.4, 0.5) is 5.69 Å². The number of hydrogen-bond donors (Lipinski definition) is 0. The minimum Gasteiger partial charge on any atom is -0.316 e. The highest BCUT2D eigenvalue weighted by Gasteiger charge is 2.49. The van der Waals surface area contributed by atoms with Gasteiger partial charge in [-0.3, -0.25) is 4.79 Å². The van der Waals surface area contributed by atoms with E-state index in [0.29, 0.717) is 5.17 Å². The van der Waals surface area contributed by atoms with E-state index in [-0.39, 0.29) is 34.6 Å². The monoisotopic (exact) mass is 338 g/mol. The first-order chi connectivity index (χ1) is 10.4. The number of hydrogen-bond acceptors (Lipinski definition) is 4. The summed E-state index contributed by atoms with van der Waals surface area (Å²) in [4.78, 5) is 18.1. The highest BCUT2D eigenvalue weighted by atomic mass is 32.2. The molecule has 2 unspecified atom stereocenters. The van der Waals surface area contributed by atoms with Gasteiger partial charge in [-0.25, -0.2) is 8.42 Å². The van der Waals surface area contributed by atoms with Crippen LogP contribution in [-0.2, 0) is 14.6 Å². The molecule has 2 fully saturated rings. The fourth-order valence-corrected chi connectivity index (χ4v) is 6.60. The van der Waals surface area contributed by atoms with E-state index in [4.69, 9.17) is 0 Å². The standard InChI is InChI=1S/C15H18N2O3S2/c1-10(2)14(18)16-15-17(11-6-4-3-5-7-11)12-8-22(19,20)9-13(12)21-15/h3-7,10,12-13H,8-9H2,1-2H3. The Kier molecular flexibility index (Phi) is 4.03. The zero-order chi connectivity index (χ0) is 15.9. The molecule has 0 bridgehead atoms. The van der Waals surface area contributed by atoms with E-state index < -0.39 is 9.84 Å². The predicted octanol–water partition coefficient (Wildman–Crippen LogP) is 1.94. The van der Waals surface area contributed by atoms with Gasteiger partial charge in [-0.05, 0) is 12.1 Å². The molecule has 118 valence electrons. The third-order valence-corrected chi connectivity index (χ3v) is 7.01. The number of benzene rings is 1. The van der Waals surface area contributed by atoms with Crippen molar-refractivity contribution in [3.05, 3.63) is 30.3 Å². The van der Waals surface area contributed by atoms with Gasteiger partial charge in [0.05, 0.1) is 17.5 Å². The summed E-state index contributed by atoms with van der Waals surface area (Å²) < 4.78 is 23.8. The lowest BCUT2D eigenvalue weighted by atomic mass is 10.2. The second-order valence-corrected chi connectivity index (χ2v) is 9.25. The summed E-state index contributed by atoms with van der Waals surface area (Å²) >= 11 is 1.41. The Morgan fingerprint density at radius 2 is 1.95 bits per heavy atom. The number of para-hydroxylation sites is 1. The zero-order valence-electron chi connectivity index (χ0n) is 12.5. The number of sulfone groups is 1. The highest BCUT2D eigenvalue weighted by molar-refractivity contribution is 8.16. The van der Waals surface area contributed by atoms with Gasteiger partial charge in [0.2, 0.25) is 0 Å². The number of fused-ring (bicyclic) bond motifs is 1. The molecule has 0 spiro atoms. The Morgan fingerprint density at radius 3 is 2.59 bits per heavy atom. The van der Waals surface area contributed by atoms with E-state index >= 15 is 0 Å². The second kappa shape index (κ2) is 5.70. The molecule has 0 aromatic heterocycles. The number of amides is 1. The number of thioether (sulfide) groups is 1. The van der Waals surface area contributed by atoms with Crippen molar-refractivity contribution in [2.75, 3.05) is 16.4 Å². The van der Waals surface area contributed by atoms with Crippen molar-refractivity contribution in [1.29, 1.82) is 0 Å². The summed E-state index contributed by atoms with van der Waals surface area (Å²) in [5.74, 6) is -0.0733. The Labute approximate surface area is 134 Å². The van der Waals surface area contributed by atoms with Crippen molar-refractivity contribution in [3.8, 4) is 0 Å². The number of aliphatic imine (C=N–C) groups is 1. The van der Waals surface area contributed by atoms with Crippen LogP contribution in [0.5, 0.6) is 0 Å². The average molecular weight is 338 g/mol. The maximum absolute atomic E-state index is 12.0. The first kappa shape index (κ1) is 15.6. The van der Waals surface area contributed by atoms with Gasteiger partial charge < -0.3 is 4.90 Å². The maximum Gasteiger partial charge on any atom is 0.250 e. The van der Waals surface area contributed by atoms with Crippen molar-refractivity contribution in [2.45, 2.75) is 25.1 Å². The van der Waals surface area contributed by atoms with Crippen molar-refractivity contribution in [2.24, 2.45) is 10.9 Å². The molecule has 2 aliphatic heterocycles. The van der Waals surface area contributed by atoms with Gasteiger partial charge in [0.1, 0.15) is 0 Å². The van der Waals surface area contributed by atoms with Crippen LogP contribution in [0, 0.1) is 5.92 Å². The molecule has 22 heavy (non-hydrogen) atoms. The molecule has 2 aliphatic rings. The lowest BCUT2D eigenvalue weighted by molar-refractivity contribution is -0.120. The molecule has 0 radical (unpaired) electrons. The zero-order valence-corrected chi connectivity index (χ0v) is 14.1. The molecule has 1 amide bonds. The quantitative estimate of drug-likeness (QED) is 0.824. The van der Waals surface area contributed by atoms with Crippen molar-refractivity contribution in [3.63, 3.8) is 0 Å². The number of nitrogens with zero attached hydrogens (tertiary/aromatic N) is 2. The largest absolute Gasteiger partial charge is 0.316 e. The second-order valence-electron chi connectivity index (χ2n) is 5.89. The van der Waals surface area contributed by atoms with Gasteiger partial charge in [-0.15, -0.1) is 0 Å². The average Bonchev–Trinajstić information content (AvgIpc) is 2.90. The fraction of sp³-hybridized carbons (Fsp3) is 0.467. The molecule has 2 atom stereocenters. The summed E-state index contributed by atoms with van der Waals surface area (Å²) in [5.41, 5.74) is 0.884. The molecule has 7 heteroatoms. The van der Waals surface area contributed by atoms with Crippen LogP contribution in [0.1, 0.15) is 13.8 Å². The topological polar surface area (TPSA) is 66.8 Å². The van der Waals surface area contributed by atoms with E-state index in [2.05, 4.69) is 4.99 Å². The van der Waals surface area contributed by atoms with Crippen LogP contribution in [0.2, 0.25) is 0 Å². The van der Waals surface area contributed by atoms with E-state index in [9.17, 15) is 13.2 Å². The summed E-state index contributed by atoms with van der Waals surface area (Å²) in [7, 11) is -3.02. The van der Waals surface area contributed by atoms with Gasteiger partial charge >= 0.3 is 0 Å². The summed E-state index contributed by atoms with van der Waals surface area (Å²) in [5, 5.41) is 0.568. The number of amidine groups is 1. The van der Waals surface area contributed by atoms with Gasteiger partial charge in [-0.1, -0.05) is 43.8 Å². The van der Waals surface area contributed by atoms with Crippen LogP contribution in [0.3, 0.4) is 0 Å². The Hall–Kier alpha value is -1.34. The SMILES string of the molecule is CC(C)C(=O)N=C1SC2CS(=O)(=O)CC2N1c1ccccc1. The van der Waals surface area contributed by atoms with E-state index in [1.165, 1.54) is 11.8 Å². The van der Waals surface area contributed by atoms with Crippen molar-refractivity contribution >= 4 is 38.4 Å². The molecule has 1 aromatic rings. The van der Waals surface area contributed by atoms with Crippen LogP contribution < -0.4 is 4.90 Å². The van der Waals surface area contributed by atoms with Crippen molar-refractivity contribution in [1.82, 2.24) is 0 Å². The third kappa shape index (κ3) is 2.92. The molecular formula is C15H18N2O3S2. The molecule has 0 saturated carbocycles. The Morgan fingerprint density at radius 1 is 1.27 bits per heavy atom. The van der Waals surface area contributed by atoms with E-state index in [0.717, 1.165) is 5.69 Å². The van der Waals surface area contributed by atoms with Crippen LogP contribution >= 0.6 is 11.8 Å². The lowest BCUT2D eigenvalue weighted by Gasteiger charge is -2.24. The molecular weight excluding hydrogens is 320 g/mol. The van der Waals surface area contributed by atoms with Crippen molar-refractivity contribution < 1.29 is 13.2 Å². The Balaban J connectivity index is 2.00.